The van der Waals surface area contributed by atoms with Crippen LogP contribution in [0.1, 0.15) is 36.2 Å². The van der Waals surface area contributed by atoms with Crippen LogP contribution in [0, 0.1) is 0 Å². The molecule has 2 heterocycles. The topological polar surface area (TPSA) is 83.6 Å². The highest BCUT2D eigenvalue weighted by Crippen LogP contribution is 2.13. The van der Waals surface area contributed by atoms with Crippen molar-refractivity contribution in [3.63, 3.8) is 0 Å². The number of nitrogens with zero attached hydrogens (tertiary/aromatic N) is 3. The lowest BCUT2D eigenvalue weighted by Gasteiger charge is -2.01. The third-order valence-electron chi connectivity index (χ3n) is 2.22. The van der Waals surface area contributed by atoms with E-state index in [1.54, 1.807) is 12.1 Å². The fourth-order valence-corrected chi connectivity index (χ4v) is 1.44. The van der Waals surface area contributed by atoms with E-state index in [2.05, 4.69) is 25.5 Å². The van der Waals surface area contributed by atoms with Gasteiger partial charge in [0.25, 0.3) is 5.91 Å². The fourth-order valence-electron chi connectivity index (χ4n) is 1.28. The van der Waals surface area contributed by atoms with Gasteiger partial charge in [-0.05, 0) is 12.1 Å². The summed E-state index contributed by atoms with van der Waals surface area (Å²) in [6.45, 7) is 3.92. The molecule has 6 nitrogen and oxygen atoms in total. The molecule has 0 aromatic carbocycles. The van der Waals surface area contributed by atoms with Crippen molar-refractivity contribution in [2.75, 3.05) is 5.32 Å². The number of anilines is 1. The molecule has 0 unspecified atom stereocenters. The summed E-state index contributed by atoms with van der Waals surface area (Å²) in [4.78, 5) is 19.9. The SMILES string of the molecule is CC(C)c1nc(C(=O)Nc2cc(Cl)ccn2)n[nH]1. The summed E-state index contributed by atoms with van der Waals surface area (Å²) in [6.07, 6.45) is 1.51. The summed E-state index contributed by atoms with van der Waals surface area (Å²) in [5, 5.41) is 9.63. The predicted octanol–water partition coefficient (Wildman–Crippen LogP) is 2.23. The minimum absolute atomic E-state index is 0.0838. The lowest BCUT2D eigenvalue weighted by molar-refractivity contribution is 0.101. The van der Waals surface area contributed by atoms with Crippen LogP contribution in [0.15, 0.2) is 18.3 Å². The average Bonchev–Trinajstić information content (AvgIpc) is 2.78. The number of carbonyl (C=O) groups is 1. The molecule has 0 bridgehead atoms. The van der Waals surface area contributed by atoms with Gasteiger partial charge >= 0.3 is 0 Å². The van der Waals surface area contributed by atoms with E-state index in [1.807, 2.05) is 13.8 Å². The van der Waals surface area contributed by atoms with Crippen molar-refractivity contribution in [3.8, 4) is 0 Å². The van der Waals surface area contributed by atoms with Crippen molar-refractivity contribution in [1.82, 2.24) is 20.2 Å². The fraction of sp³-hybridized carbons (Fsp3) is 0.273. The van der Waals surface area contributed by atoms with E-state index in [4.69, 9.17) is 11.6 Å². The number of carbonyl (C=O) groups excluding carboxylic acids is 1. The highest BCUT2D eigenvalue weighted by Gasteiger charge is 2.14. The molecule has 1 amide bonds. The third-order valence-corrected chi connectivity index (χ3v) is 2.45. The molecular formula is C11H12ClN5O. The number of amides is 1. The first-order chi connectivity index (χ1) is 8.56. The molecule has 0 fully saturated rings. The summed E-state index contributed by atoms with van der Waals surface area (Å²) >= 11 is 5.79. The molecule has 0 aliphatic heterocycles. The first kappa shape index (κ1) is 12.5. The molecule has 0 aliphatic rings. The van der Waals surface area contributed by atoms with Crippen molar-refractivity contribution in [1.29, 1.82) is 0 Å². The molecular weight excluding hydrogens is 254 g/mol. The Morgan fingerprint density at radius 1 is 1.50 bits per heavy atom. The van der Waals surface area contributed by atoms with Crippen LogP contribution in [0.5, 0.6) is 0 Å². The average molecular weight is 266 g/mol. The standard InChI is InChI=1S/C11H12ClN5O/c1-6(2)9-15-10(17-16-9)11(18)14-8-5-7(12)3-4-13-8/h3-6H,1-2H3,(H,13,14,18)(H,15,16,17). The molecule has 0 saturated carbocycles. The van der Waals surface area contributed by atoms with Gasteiger partial charge in [0.2, 0.25) is 5.82 Å². The summed E-state index contributed by atoms with van der Waals surface area (Å²) in [7, 11) is 0. The zero-order valence-electron chi connectivity index (χ0n) is 9.94. The number of aromatic nitrogens is 4. The summed E-state index contributed by atoms with van der Waals surface area (Å²) in [6, 6.07) is 3.18. The quantitative estimate of drug-likeness (QED) is 0.891. The Balaban J connectivity index is 2.12. The number of halogens is 1. The van der Waals surface area contributed by atoms with E-state index < -0.39 is 5.91 Å². The molecule has 2 rings (SSSR count). The van der Waals surface area contributed by atoms with E-state index in [1.165, 1.54) is 6.20 Å². The van der Waals surface area contributed by atoms with Gasteiger partial charge in [0, 0.05) is 17.1 Å². The first-order valence-electron chi connectivity index (χ1n) is 5.41. The summed E-state index contributed by atoms with van der Waals surface area (Å²) < 4.78 is 0. The van der Waals surface area contributed by atoms with Gasteiger partial charge in [-0.2, -0.15) is 0 Å². The normalized spacial score (nSPS) is 10.7. The Labute approximate surface area is 109 Å². The maximum absolute atomic E-state index is 11.8. The van der Waals surface area contributed by atoms with E-state index >= 15 is 0 Å². The molecule has 94 valence electrons. The highest BCUT2D eigenvalue weighted by molar-refractivity contribution is 6.30. The maximum atomic E-state index is 11.8. The zero-order chi connectivity index (χ0) is 13.1. The third kappa shape index (κ3) is 2.84. The summed E-state index contributed by atoms with van der Waals surface area (Å²) in [5.74, 6) is 0.874. The van der Waals surface area contributed by atoms with Crippen LogP contribution in [-0.4, -0.2) is 26.1 Å². The van der Waals surface area contributed by atoms with Crippen LogP contribution >= 0.6 is 11.6 Å². The van der Waals surface area contributed by atoms with Crippen LogP contribution < -0.4 is 5.32 Å². The number of nitrogens with one attached hydrogen (secondary N) is 2. The van der Waals surface area contributed by atoms with Crippen molar-refractivity contribution in [2.24, 2.45) is 0 Å². The van der Waals surface area contributed by atoms with Crippen LogP contribution in [0.4, 0.5) is 5.82 Å². The number of H-pyrrole nitrogens is 1. The van der Waals surface area contributed by atoms with Crippen molar-refractivity contribution in [3.05, 3.63) is 35.0 Å². The highest BCUT2D eigenvalue weighted by atomic mass is 35.5. The van der Waals surface area contributed by atoms with Crippen LogP contribution in [0.2, 0.25) is 5.02 Å². The van der Waals surface area contributed by atoms with Gasteiger partial charge in [-0.1, -0.05) is 25.4 Å². The Morgan fingerprint density at radius 2 is 2.28 bits per heavy atom. The largest absolute Gasteiger partial charge is 0.304 e. The molecule has 2 aromatic rings. The second kappa shape index (κ2) is 5.14. The Kier molecular flexibility index (Phi) is 3.57. The Bertz CT molecular complexity index is 566. The van der Waals surface area contributed by atoms with Gasteiger partial charge in [0.05, 0.1) is 0 Å². The number of hydrogen-bond donors (Lipinski definition) is 2. The second-order valence-corrected chi connectivity index (χ2v) is 4.45. The van der Waals surface area contributed by atoms with Crippen molar-refractivity contribution < 1.29 is 4.79 Å². The molecule has 2 aromatic heterocycles. The number of pyridine rings is 1. The lowest BCUT2D eigenvalue weighted by Crippen LogP contribution is -2.14. The van der Waals surface area contributed by atoms with Crippen LogP contribution in [-0.2, 0) is 0 Å². The molecule has 7 heteroatoms. The number of hydrogen-bond acceptors (Lipinski definition) is 4. The molecule has 0 aliphatic carbocycles. The molecule has 2 N–H and O–H groups in total. The zero-order valence-corrected chi connectivity index (χ0v) is 10.7. The van der Waals surface area contributed by atoms with E-state index in [0.717, 1.165) is 0 Å². The van der Waals surface area contributed by atoms with E-state index in [9.17, 15) is 4.79 Å². The molecule has 0 saturated heterocycles. The van der Waals surface area contributed by atoms with Gasteiger partial charge in [-0.15, -0.1) is 5.10 Å². The van der Waals surface area contributed by atoms with Crippen molar-refractivity contribution in [2.45, 2.75) is 19.8 Å². The minimum atomic E-state index is -0.423. The molecule has 18 heavy (non-hydrogen) atoms. The van der Waals surface area contributed by atoms with Gasteiger partial charge in [-0.3, -0.25) is 9.89 Å². The summed E-state index contributed by atoms with van der Waals surface area (Å²) in [5.41, 5.74) is 0. The van der Waals surface area contributed by atoms with E-state index in [-0.39, 0.29) is 11.7 Å². The van der Waals surface area contributed by atoms with Crippen LogP contribution in [0.3, 0.4) is 0 Å². The Morgan fingerprint density at radius 3 is 2.89 bits per heavy atom. The minimum Gasteiger partial charge on any atom is -0.304 e. The van der Waals surface area contributed by atoms with Gasteiger partial charge in [0.15, 0.2) is 0 Å². The van der Waals surface area contributed by atoms with Gasteiger partial charge in [-0.25, -0.2) is 9.97 Å². The van der Waals surface area contributed by atoms with Gasteiger partial charge < -0.3 is 5.32 Å². The maximum Gasteiger partial charge on any atom is 0.296 e. The number of aromatic amines is 1. The molecule has 0 spiro atoms. The lowest BCUT2D eigenvalue weighted by atomic mass is 10.2. The Hall–Kier alpha value is -1.95. The van der Waals surface area contributed by atoms with Gasteiger partial charge in [0.1, 0.15) is 11.6 Å². The van der Waals surface area contributed by atoms with Crippen molar-refractivity contribution >= 4 is 23.3 Å². The monoisotopic (exact) mass is 265 g/mol. The van der Waals surface area contributed by atoms with Crippen LogP contribution in [0.25, 0.3) is 0 Å². The first-order valence-corrected chi connectivity index (χ1v) is 5.79. The second-order valence-electron chi connectivity index (χ2n) is 4.01. The molecule has 0 atom stereocenters. The molecule has 0 radical (unpaired) electrons. The smallest absolute Gasteiger partial charge is 0.296 e. The van der Waals surface area contributed by atoms with E-state index in [0.29, 0.717) is 16.7 Å². The predicted molar refractivity (Wildman–Crippen MR) is 67.7 cm³/mol. The number of rotatable bonds is 3.